The number of amides is 1. The molecule has 20 heavy (non-hydrogen) atoms. The molecule has 0 atom stereocenters. The van der Waals surface area contributed by atoms with E-state index in [1.807, 2.05) is 5.43 Å². The maximum absolute atomic E-state index is 13.6. The van der Waals surface area contributed by atoms with Crippen LogP contribution in [0.3, 0.4) is 0 Å². The van der Waals surface area contributed by atoms with Crippen LogP contribution in [0.15, 0.2) is 36.4 Å². The van der Waals surface area contributed by atoms with Crippen LogP contribution in [0.5, 0.6) is 5.75 Å². The third kappa shape index (κ3) is 3.23. The predicted octanol–water partition coefficient (Wildman–Crippen LogP) is 2.06. The highest BCUT2D eigenvalue weighted by atomic mass is 35.5. The van der Waals surface area contributed by atoms with E-state index in [2.05, 4.69) is 4.98 Å². The van der Waals surface area contributed by atoms with Crippen LogP contribution < -0.4 is 16.0 Å². The molecule has 7 heteroatoms. The quantitative estimate of drug-likeness (QED) is 0.514. The average molecular weight is 296 g/mol. The molecule has 3 N–H and O–H groups in total. The zero-order valence-electron chi connectivity index (χ0n) is 10.3. The molecule has 1 heterocycles. The molecule has 0 unspecified atom stereocenters. The Kier molecular flexibility index (Phi) is 4.49. The lowest BCUT2D eigenvalue weighted by Gasteiger charge is -2.08. The Labute approximate surface area is 119 Å². The van der Waals surface area contributed by atoms with Gasteiger partial charge in [0.2, 0.25) is 0 Å². The number of aromatic nitrogens is 1. The summed E-state index contributed by atoms with van der Waals surface area (Å²) in [5.41, 5.74) is 2.60. The number of ether oxygens (including phenoxy) is 1. The monoisotopic (exact) mass is 295 g/mol. The molecule has 5 nitrogen and oxygen atoms in total. The molecule has 0 aliphatic heterocycles. The van der Waals surface area contributed by atoms with Gasteiger partial charge in [-0.25, -0.2) is 15.2 Å². The van der Waals surface area contributed by atoms with Crippen LogP contribution in [0.1, 0.15) is 16.2 Å². The van der Waals surface area contributed by atoms with Crippen LogP contribution in [0, 0.1) is 5.82 Å². The van der Waals surface area contributed by atoms with Gasteiger partial charge in [0.05, 0.1) is 10.7 Å². The molecule has 0 radical (unpaired) electrons. The number of hydrogen-bond donors (Lipinski definition) is 2. The molecule has 0 aliphatic carbocycles. The van der Waals surface area contributed by atoms with Gasteiger partial charge < -0.3 is 4.74 Å². The summed E-state index contributed by atoms with van der Waals surface area (Å²) in [6.45, 7) is 0.00293. The molecule has 0 spiro atoms. The molecule has 0 saturated heterocycles. The van der Waals surface area contributed by atoms with E-state index in [4.69, 9.17) is 22.2 Å². The van der Waals surface area contributed by atoms with Gasteiger partial charge in [0.15, 0.2) is 11.6 Å². The zero-order chi connectivity index (χ0) is 14.5. The van der Waals surface area contributed by atoms with E-state index in [9.17, 15) is 9.18 Å². The van der Waals surface area contributed by atoms with Gasteiger partial charge in [-0.1, -0.05) is 23.7 Å². The topological polar surface area (TPSA) is 77.2 Å². The fourth-order valence-electron chi connectivity index (χ4n) is 1.51. The molecule has 1 aromatic heterocycles. The summed E-state index contributed by atoms with van der Waals surface area (Å²) < 4.78 is 18.9. The second-order valence-electron chi connectivity index (χ2n) is 3.83. The Morgan fingerprint density at radius 1 is 1.35 bits per heavy atom. The van der Waals surface area contributed by atoms with Crippen molar-refractivity contribution in [3.63, 3.8) is 0 Å². The van der Waals surface area contributed by atoms with E-state index >= 15 is 0 Å². The van der Waals surface area contributed by atoms with Crippen LogP contribution >= 0.6 is 11.6 Å². The third-order valence-electron chi connectivity index (χ3n) is 2.46. The lowest BCUT2D eigenvalue weighted by molar-refractivity contribution is 0.0948. The van der Waals surface area contributed by atoms with Crippen molar-refractivity contribution in [1.82, 2.24) is 10.4 Å². The predicted molar refractivity (Wildman–Crippen MR) is 71.6 cm³/mol. The molecule has 104 valence electrons. The summed E-state index contributed by atoms with van der Waals surface area (Å²) in [6.07, 6.45) is 0. The maximum Gasteiger partial charge on any atom is 0.283 e. The van der Waals surface area contributed by atoms with Gasteiger partial charge in [0.1, 0.15) is 12.3 Å². The van der Waals surface area contributed by atoms with Crippen LogP contribution in [0.2, 0.25) is 5.02 Å². The lowest BCUT2D eigenvalue weighted by atomic mass is 10.3. The second-order valence-corrected chi connectivity index (χ2v) is 4.24. The second kappa shape index (κ2) is 6.31. The van der Waals surface area contributed by atoms with E-state index in [0.29, 0.717) is 5.69 Å². The van der Waals surface area contributed by atoms with Crippen LogP contribution in [0.25, 0.3) is 0 Å². The van der Waals surface area contributed by atoms with Crippen molar-refractivity contribution in [1.29, 1.82) is 0 Å². The van der Waals surface area contributed by atoms with Gasteiger partial charge in [-0.05, 0) is 24.3 Å². The fraction of sp³-hybridized carbons (Fsp3) is 0.0769. The number of halogens is 2. The molecular weight excluding hydrogens is 285 g/mol. The molecule has 0 bridgehead atoms. The van der Waals surface area contributed by atoms with E-state index in [1.165, 1.54) is 18.2 Å². The number of hydrazine groups is 1. The first-order valence-corrected chi connectivity index (χ1v) is 6.03. The standard InChI is InChI=1S/C13H11ClFN3O2/c14-9-4-2-6-11(12(9)15)20-7-8-3-1-5-10(17-8)13(19)18-16/h1-6H,7,16H2,(H,18,19). The molecule has 0 aliphatic rings. The smallest absolute Gasteiger partial charge is 0.283 e. The number of nitrogens with zero attached hydrogens (tertiary/aromatic N) is 1. The molecule has 2 rings (SSSR count). The van der Waals surface area contributed by atoms with Crippen molar-refractivity contribution in [2.75, 3.05) is 0 Å². The van der Waals surface area contributed by atoms with E-state index in [1.54, 1.807) is 18.2 Å². The maximum atomic E-state index is 13.6. The first kappa shape index (κ1) is 14.2. The SMILES string of the molecule is NNC(=O)c1cccc(COc2cccc(Cl)c2F)n1. The highest BCUT2D eigenvalue weighted by Crippen LogP contribution is 2.24. The normalized spacial score (nSPS) is 10.2. The number of nitrogens with two attached hydrogens (primary N) is 1. The number of nitrogens with one attached hydrogen (secondary N) is 1. The van der Waals surface area contributed by atoms with Crippen LogP contribution in [0.4, 0.5) is 4.39 Å². The summed E-state index contributed by atoms with van der Waals surface area (Å²) in [4.78, 5) is 15.4. The number of benzene rings is 1. The Balaban J connectivity index is 2.11. The van der Waals surface area contributed by atoms with Gasteiger partial charge in [0, 0.05) is 0 Å². The molecule has 0 fully saturated rings. The Hall–Kier alpha value is -2.18. The lowest BCUT2D eigenvalue weighted by Crippen LogP contribution is -2.30. The molecule has 0 saturated carbocycles. The largest absolute Gasteiger partial charge is 0.484 e. The number of hydrogen-bond acceptors (Lipinski definition) is 4. The van der Waals surface area contributed by atoms with Crippen LogP contribution in [-0.2, 0) is 6.61 Å². The summed E-state index contributed by atoms with van der Waals surface area (Å²) in [7, 11) is 0. The number of pyridine rings is 1. The van der Waals surface area contributed by atoms with Crippen molar-refractivity contribution < 1.29 is 13.9 Å². The van der Waals surface area contributed by atoms with Crippen LogP contribution in [-0.4, -0.2) is 10.9 Å². The van der Waals surface area contributed by atoms with E-state index in [-0.39, 0.29) is 23.1 Å². The van der Waals surface area contributed by atoms with Gasteiger partial charge in [-0.15, -0.1) is 0 Å². The van der Waals surface area contributed by atoms with Gasteiger partial charge in [-0.2, -0.15) is 0 Å². The van der Waals surface area contributed by atoms with E-state index < -0.39 is 11.7 Å². The van der Waals surface area contributed by atoms with Gasteiger partial charge in [0.25, 0.3) is 5.91 Å². The number of carbonyl (C=O) groups excluding carboxylic acids is 1. The van der Waals surface area contributed by atoms with Crippen molar-refractivity contribution in [3.05, 3.63) is 58.6 Å². The first-order valence-electron chi connectivity index (χ1n) is 5.65. The minimum absolute atomic E-state index is 0.00293. The Morgan fingerprint density at radius 3 is 2.85 bits per heavy atom. The number of nitrogen functional groups attached to an aromatic ring is 1. The zero-order valence-corrected chi connectivity index (χ0v) is 11.0. The van der Waals surface area contributed by atoms with Gasteiger partial charge in [-0.3, -0.25) is 10.2 Å². The summed E-state index contributed by atoms with van der Waals surface area (Å²) in [5, 5.41) is -0.0216. The molecule has 2 aromatic rings. The highest BCUT2D eigenvalue weighted by molar-refractivity contribution is 6.30. The number of rotatable bonds is 4. The average Bonchev–Trinajstić information content (AvgIpc) is 2.48. The first-order chi connectivity index (χ1) is 9.61. The molecular formula is C13H11ClFN3O2. The summed E-state index contributed by atoms with van der Waals surface area (Å²) >= 11 is 5.64. The Bertz CT molecular complexity index is 637. The minimum Gasteiger partial charge on any atom is -0.484 e. The number of carbonyl (C=O) groups is 1. The van der Waals surface area contributed by atoms with Crippen molar-refractivity contribution in [2.24, 2.45) is 5.84 Å². The van der Waals surface area contributed by atoms with Gasteiger partial charge >= 0.3 is 0 Å². The Morgan fingerprint density at radius 2 is 2.10 bits per heavy atom. The summed E-state index contributed by atoms with van der Waals surface area (Å²) in [6, 6.07) is 9.24. The van der Waals surface area contributed by atoms with E-state index in [0.717, 1.165) is 0 Å². The molecule has 1 amide bonds. The third-order valence-corrected chi connectivity index (χ3v) is 2.75. The van der Waals surface area contributed by atoms with Crippen molar-refractivity contribution in [3.8, 4) is 5.75 Å². The summed E-state index contributed by atoms with van der Waals surface area (Å²) in [5.74, 6) is 3.89. The fourth-order valence-corrected chi connectivity index (χ4v) is 1.67. The molecule has 1 aromatic carbocycles. The highest BCUT2D eigenvalue weighted by Gasteiger charge is 2.09. The van der Waals surface area contributed by atoms with Crippen molar-refractivity contribution >= 4 is 17.5 Å². The van der Waals surface area contributed by atoms with Crippen molar-refractivity contribution in [2.45, 2.75) is 6.61 Å². The minimum atomic E-state index is -0.634.